The number of para-hydroxylation sites is 2. The molecule has 0 fully saturated rings. The van der Waals surface area contributed by atoms with Crippen molar-refractivity contribution in [1.29, 1.82) is 0 Å². The number of rotatable bonds is 6. The van der Waals surface area contributed by atoms with Gasteiger partial charge >= 0.3 is 0 Å². The lowest BCUT2D eigenvalue weighted by Gasteiger charge is -2.08. The van der Waals surface area contributed by atoms with Crippen molar-refractivity contribution in [3.63, 3.8) is 0 Å². The molecule has 0 bridgehead atoms. The molecule has 2 N–H and O–H groups in total. The van der Waals surface area contributed by atoms with Crippen molar-refractivity contribution in [2.45, 2.75) is 6.54 Å². The van der Waals surface area contributed by atoms with Gasteiger partial charge in [-0.1, -0.05) is 12.1 Å². The Morgan fingerprint density at radius 1 is 1.38 bits per heavy atom. The van der Waals surface area contributed by atoms with Gasteiger partial charge in [-0.3, -0.25) is 0 Å². The summed E-state index contributed by atoms with van der Waals surface area (Å²) in [5.74, 6) is 1.38. The van der Waals surface area contributed by atoms with Crippen LogP contribution >= 0.6 is 11.5 Å². The maximum Gasteiger partial charge on any atom is 0.225 e. The van der Waals surface area contributed by atoms with Crippen LogP contribution in [0.15, 0.2) is 30.3 Å². The first kappa shape index (κ1) is 13.8. The number of aliphatic hydroxyl groups is 1. The average Bonchev–Trinajstić information content (AvgIpc) is 3.11. The topological polar surface area (TPSA) is 72.2 Å². The van der Waals surface area contributed by atoms with Gasteiger partial charge in [-0.05, 0) is 23.7 Å². The fourth-order valence-corrected chi connectivity index (χ4v) is 2.83. The fourth-order valence-electron chi connectivity index (χ4n) is 2.16. The highest BCUT2D eigenvalue weighted by atomic mass is 32.1. The molecular weight excluding hydrogens is 288 g/mol. The molecule has 21 heavy (non-hydrogen) atoms. The number of methoxy groups -OCH3 is 1. The molecule has 2 heterocycles. The van der Waals surface area contributed by atoms with Gasteiger partial charge < -0.3 is 19.7 Å². The van der Waals surface area contributed by atoms with Crippen LogP contribution < -0.4 is 10.1 Å². The Hall–Kier alpha value is -2.12. The SMILES string of the molecule is COc1cc(Cn2c(NCCO)nc3ccccc32)sn1. The number of ether oxygens (including phenoxy) is 1. The molecule has 1 aromatic carbocycles. The van der Waals surface area contributed by atoms with Crippen molar-refractivity contribution in [3.05, 3.63) is 35.2 Å². The van der Waals surface area contributed by atoms with E-state index < -0.39 is 0 Å². The van der Waals surface area contributed by atoms with Gasteiger partial charge in [0, 0.05) is 17.5 Å². The van der Waals surface area contributed by atoms with Gasteiger partial charge in [0.25, 0.3) is 0 Å². The maximum atomic E-state index is 8.99. The van der Waals surface area contributed by atoms with E-state index >= 15 is 0 Å². The van der Waals surface area contributed by atoms with E-state index in [0.717, 1.165) is 21.9 Å². The number of hydrogen-bond acceptors (Lipinski definition) is 6. The molecule has 7 heteroatoms. The van der Waals surface area contributed by atoms with E-state index in [1.807, 2.05) is 30.3 Å². The second-order valence-corrected chi connectivity index (χ2v) is 5.39. The minimum absolute atomic E-state index is 0.0670. The first-order valence-electron chi connectivity index (χ1n) is 6.61. The number of nitrogens with zero attached hydrogens (tertiary/aromatic N) is 3. The molecule has 0 spiro atoms. The molecule has 2 aromatic heterocycles. The summed E-state index contributed by atoms with van der Waals surface area (Å²) in [4.78, 5) is 5.65. The van der Waals surface area contributed by atoms with Crippen molar-refractivity contribution in [3.8, 4) is 5.88 Å². The molecule has 6 nitrogen and oxygen atoms in total. The van der Waals surface area contributed by atoms with Crippen LogP contribution in [0.2, 0.25) is 0 Å². The largest absolute Gasteiger partial charge is 0.480 e. The normalized spacial score (nSPS) is 11.0. The summed E-state index contributed by atoms with van der Waals surface area (Å²) in [6.45, 7) is 1.20. The Balaban J connectivity index is 1.97. The van der Waals surface area contributed by atoms with Gasteiger partial charge in [0.2, 0.25) is 11.8 Å². The predicted octanol–water partition coefficient (Wildman–Crippen LogP) is 1.95. The lowest BCUT2D eigenvalue weighted by molar-refractivity contribution is 0.310. The van der Waals surface area contributed by atoms with E-state index in [1.54, 1.807) is 7.11 Å². The Morgan fingerprint density at radius 2 is 2.24 bits per heavy atom. The summed E-state index contributed by atoms with van der Waals surface area (Å²) in [6, 6.07) is 9.89. The number of aliphatic hydroxyl groups excluding tert-OH is 1. The number of imidazole rings is 1. The minimum atomic E-state index is 0.0670. The molecule has 0 unspecified atom stereocenters. The molecule has 110 valence electrons. The number of aromatic nitrogens is 3. The van der Waals surface area contributed by atoms with E-state index in [0.29, 0.717) is 19.0 Å². The molecule has 0 saturated heterocycles. The van der Waals surface area contributed by atoms with Gasteiger partial charge in [-0.15, -0.1) is 0 Å². The second kappa shape index (κ2) is 6.11. The molecule has 0 aliphatic carbocycles. The summed E-state index contributed by atoms with van der Waals surface area (Å²) in [5.41, 5.74) is 1.97. The molecule has 0 atom stereocenters. The van der Waals surface area contributed by atoms with Gasteiger partial charge in [0.15, 0.2) is 0 Å². The monoisotopic (exact) mass is 304 g/mol. The first-order valence-corrected chi connectivity index (χ1v) is 7.38. The van der Waals surface area contributed by atoms with E-state index in [9.17, 15) is 0 Å². The zero-order chi connectivity index (χ0) is 14.7. The van der Waals surface area contributed by atoms with E-state index in [-0.39, 0.29) is 6.61 Å². The molecule has 3 aromatic rings. The van der Waals surface area contributed by atoms with Crippen molar-refractivity contribution in [1.82, 2.24) is 13.9 Å². The highest BCUT2D eigenvalue weighted by Gasteiger charge is 2.12. The minimum Gasteiger partial charge on any atom is -0.480 e. The fraction of sp³-hybridized carbons (Fsp3) is 0.286. The Labute approximate surface area is 126 Å². The number of hydrogen-bond donors (Lipinski definition) is 2. The van der Waals surface area contributed by atoms with Crippen LogP contribution in [-0.4, -0.2) is 39.3 Å². The summed E-state index contributed by atoms with van der Waals surface area (Å²) in [6.07, 6.45) is 0. The lowest BCUT2D eigenvalue weighted by Crippen LogP contribution is -2.11. The van der Waals surface area contributed by atoms with E-state index in [2.05, 4.69) is 19.2 Å². The van der Waals surface area contributed by atoms with Crippen molar-refractivity contribution < 1.29 is 9.84 Å². The third kappa shape index (κ3) is 2.84. The average molecular weight is 304 g/mol. The van der Waals surface area contributed by atoms with E-state index in [1.165, 1.54) is 11.5 Å². The predicted molar refractivity (Wildman–Crippen MR) is 83.1 cm³/mol. The van der Waals surface area contributed by atoms with Crippen molar-refractivity contribution >= 4 is 28.5 Å². The Kier molecular flexibility index (Phi) is 4.03. The van der Waals surface area contributed by atoms with Crippen LogP contribution in [0.1, 0.15) is 4.88 Å². The van der Waals surface area contributed by atoms with Gasteiger partial charge in [-0.2, -0.15) is 4.37 Å². The molecule has 0 amide bonds. The van der Waals surface area contributed by atoms with Gasteiger partial charge in [-0.25, -0.2) is 4.98 Å². The van der Waals surface area contributed by atoms with Crippen LogP contribution in [0.25, 0.3) is 11.0 Å². The summed E-state index contributed by atoms with van der Waals surface area (Å²) < 4.78 is 11.4. The molecule has 0 aliphatic heterocycles. The van der Waals surface area contributed by atoms with Gasteiger partial charge in [0.05, 0.1) is 31.3 Å². The Bertz CT molecular complexity index is 737. The summed E-state index contributed by atoms with van der Waals surface area (Å²) >= 11 is 1.41. The molecular formula is C14H16N4O2S. The number of anilines is 1. The highest BCUT2D eigenvalue weighted by Crippen LogP contribution is 2.24. The number of nitrogens with one attached hydrogen (secondary N) is 1. The maximum absolute atomic E-state index is 8.99. The van der Waals surface area contributed by atoms with Gasteiger partial charge in [0.1, 0.15) is 0 Å². The lowest BCUT2D eigenvalue weighted by atomic mass is 10.3. The molecule has 3 rings (SSSR count). The zero-order valence-electron chi connectivity index (χ0n) is 11.6. The molecule has 0 radical (unpaired) electrons. The summed E-state index contributed by atoms with van der Waals surface area (Å²) in [5, 5.41) is 12.1. The zero-order valence-corrected chi connectivity index (χ0v) is 12.4. The third-order valence-corrected chi connectivity index (χ3v) is 3.86. The smallest absolute Gasteiger partial charge is 0.225 e. The van der Waals surface area contributed by atoms with Crippen LogP contribution in [0.3, 0.4) is 0 Å². The van der Waals surface area contributed by atoms with Crippen LogP contribution in [0.4, 0.5) is 5.95 Å². The van der Waals surface area contributed by atoms with Crippen LogP contribution in [0, 0.1) is 0 Å². The van der Waals surface area contributed by atoms with Crippen molar-refractivity contribution in [2.24, 2.45) is 0 Å². The number of fused-ring (bicyclic) bond motifs is 1. The summed E-state index contributed by atoms with van der Waals surface area (Å²) in [7, 11) is 1.61. The second-order valence-electron chi connectivity index (χ2n) is 4.50. The first-order chi connectivity index (χ1) is 10.3. The number of benzene rings is 1. The molecule has 0 saturated carbocycles. The molecule has 0 aliphatic rings. The van der Waals surface area contributed by atoms with Crippen LogP contribution in [-0.2, 0) is 6.54 Å². The third-order valence-electron chi connectivity index (χ3n) is 3.11. The quantitative estimate of drug-likeness (QED) is 0.728. The highest BCUT2D eigenvalue weighted by molar-refractivity contribution is 7.05. The van der Waals surface area contributed by atoms with E-state index in [4.69, 9.17) is 9.84 Å². The Morgan fingerprint density at radius 3 is 3.00 bits per heavy atom. The van der Waals surface area contributed by atoms with Crippen molar-refractivity contribution in [2.75, 3.05) is 25.6 Å². The standard InChI is InChI=1S/C14H16N4O2S/c1-20-13-8-10(21-17-13)9-18-12-5-3-2-4-11(12)16-14(18)15-6-7-19/h2-5,8,19H,6-7,9H2,1H3,(H,15,16). The van der Waals surface area contributed by atoms with Crippen LogP contribution in [0.5, 0.6) is 5.88 Å².